The number of carbonyl (C=O) groups is 4. The van der Waals surface area contributed by atoms with E-state index in [4.69, 9.17) is 64.3 Å². The average Bonchev–Trinajstić information content (AvgIpc) is 2.54. The van der Waals surface area contributed by atoms with E-state index in [1.807, 2.05) is 0 Å². The van der Waals surface area contributed by atoms with Gasteiger partial charge in [-0.05, 0) is 0 Å². The number of carboxylic acids is 3. The van der Waals surface area contributed by atoms with Crippen molar-refractivity contribution in [2.24, 2.45) is 0 Å². The normalized spacial score (nSPS) is 9.12. The number of aliphatic carboxylic acids is 3. The van der Waals surface area contributed by atoms with Crippen LogP contribution in [0.5, 0.6) is 0 Å². The highest BCUT2D eigenvalue weighted by Crippen LogP contribution is 2.34. The molecule has 0 amide bonds. The molecule has 0 spiro atoms. The molecule has 0 aromatic carbocycles. The van der Waals surface area contributed by atoms with Crippen LogP contribution in [0.4, 0.5) is 0 Å². The number of carbonyl (C=O) groups excluding carboxylic acids is 2. The number of carboxylic acid groups (broad SMARTS) is 4. The Labute approximate surface area is 182 Å². The van der Waals surface area contributed by atoms with Crippen molar-refractivity contribution < 1.29 is 83.4 Å². The first-order chi connectivity index (χ1) is 14.4. The summed E-state index contributed by atoms with van der Waals surface area (Å²) in [6.07, 6.45) is -1.23. The van der Waals surface area contributed by atoms with Gasteiger partial charge in [-0.25, -0.2) is 0 Å². The molecular formula is C10H22N2O19P2. The van der Waals surface area contributed by atoms with E-state index in [0.717, 1.165) is 0 Å². The van der Waals surface area contributed by atoms with Crippen LogP contribution in [-0.4, -0.2) is 113 Å². The van der Waals surface area contributed by atoms with Crippen LogP contribution < -0.4 is 5.32 Å². The minimum absolute atomic E-state index is 0. The van der Waals surface area contributed by atoms with Gasteiger partial charge in [0.2, 0.25) is 0 Å². The van der Waals surface area contributed by atoms with Crippen LogP contribution in [0.15, 0.2) is 0 Å². The Bertz CT molecular complexity index is 649. The molecule has 0 saturated carbocycles. The van der Waals surface area contributed by atoms with Crippen LogP contribution in [0.3, 0.4) is 0 Å². The van der Waals surface area contributed by atoms with Crippen molar-refractivity contribution in [3.05, 3.63) is 9.93 Å². The predicted octanol–water partition coefficient (Wildman–Crippen LogP) is -4.25. The third kappa shape index (κ3) is 73.1. The molecule has 33 heavy (non-hydrogen) atoms. The maximum absolute atomic E-state index is 10.5. The van der Waals surface area contributed by atoms with Crippen molar-refractivity contribution in [3.8, 4) is 0 Å². The molecule has 0 heterocycles. The first-order valence-corrected chi connectivity index (χ1v) is 10.5. The molecule has 11 N–H and O–H groups in total. The lowest BCUT2D eigenvalue weighted by molar-refractivity contribution is -0.191. The zero-order chi connectivity index (χ0) is 27.0. The summed E-state index contributed by atoms with van der Waals surface area (Å²) >= 11 is 0. The van der Waals surface area contributed by atoms with Crippen LogP contribution in [0.1, 0.15) is 0 Å². The second kappa shape index (κ2) is 27.1. The zero-order valence-electron chi connectivity index (χ0n) is 16.1. The molecule has 0 saturated heterocycles. The molecule has 0 fully saturated rings. The molecule has 0 aliphatic carbocycles. The van der Waals surface area contributed by atoms with Gasteiger partial charge in [0.1, 0.15) is 6.29 Å². The highest BCUT2D eigenvalue weighted by atomic mass is 31.2. The van der Waals surface area contributed by atoms with Crippen molar-refractivity contribution in [2.45, 2.75) is 0 Å². The van der Waals surface area contributed by atoms with Crippen LogP contribution in [0.25, 0.3) is 0 Å². The lowest BCUT2D eigenvalue weighted by Gasteiger charge is -2.17. The maximum Gasteiger partial charge on any atom is 0.373 e. The van der Waals surface area contributed by atoms with E-state index in [-0.39, 0.29) is 18.1 Å². The van der Waals surface area contributed by atoms with E-state index in [9.17, 15) is 23.5 Å². The smallest absolute Gasteiger partial charge is 0.373 e. The van der Waals surface area contributed by atoms with Gasteiger partial charge in [-0.2, -0.15) is 9.59 Å². The van der Waals surface area contributed by atoms with Gasteiger partial charge in [0, 0.05) is 9.93 Å². The van der Waals surface area contributed by atoms with Crippen LogP contribution in [0, 0.1) is 9.93 Å². The minimum atomic E-state index is -4.44. The summed E-state index contributed by atoms with van der Waals surface area (Å²) in [5, 5.41) is 33.6. The fourth-order valence-corrected chi connectivity index (χ4v) is 2.23. The summed E-state index contributed by atoms with van der Waals surface area (Å²) in [6, 6.07) is 0. The Hall–Kier alpha value is -2.96. The van der Waals surface area contributed by atoms with E-state index in [1.165, 1.54) is 0 Å². The molecule has 0 bridgehead atoms. The molecule has 0 unspecified atom stereocenters. The number of nitrogens with zero attached hydrogens (tertiary/aromatic N) is 1. The van der Waals surface area contributed by atoms with E-state index >= 15 is 0 Å². The number of nitrogens with one attached hydrogen (secondary N) is 1. The van der Waals surface area contributed by atoms with Crippen molar-refractivity contribution in [1.82, 2.24) is 10.2 Å². The van der Waals surface area contributed by atoms with E-state index < -0.39 is 65.3 Å². The fraction of sp³-hybridized carbons (Fsp3) is 0.500. The molecule has 0 radical (unpaired) electrons. The van der Waals surface area contributed by atoms with E-state index in [1.54, 1.807) is 0 Å². The lowest BCUT2D eigenvalue weighted by Crippen LogP contribution is -2.35. The fourth-order valence-electron chi connectivity index (χ4n) is 1.11. The molecule has 0 aromatic rings. The van der Waals surface area contributed by atoms with Gasteiger partial charge in [-0.1, -0.05) is 0 Å². The minimum Gasteiger partial charge on any atom is -0.483 e. The second-order valence-corrected chi connectivity index (χ2v) is 7.67. The molecule has 196 valence electrons. The largest absolute Gasteiger partial charge is 0.483 e. The van der Waals surface area contributed by atoms with Crippen LogP contribution in [0.2, 0.25) is 0 Å². The first kappa shape index (κ1) is 43.8. The Morgan fingerprint density at radius 1 is 0.848 bits per heavy atom. The SMILES string of the molecule is O.O=C(O)CN(CC(=O)O)CP(=O)(O)O.O=C(O)CNCP(=O)(O)O.O=C=O.O=CO.O=O. The van der Waals surface area contributed by atoms with Gasteiger partial charge in [-0.3, -0.25) is 38.5 Å². The summed E-state index contributed by atoms with van der Waals surface area (Å²) in [6.45, 7) is -2.14. The van der Waals surface area contributed by atoms with Gasteiger partial charge in [0.15, 0.2) is 0 Å². The Morgan fingerprint density at radius 2 is 1.15 bits per heavy atom. The summed E-state index contributed by atoms with van der Waals surface area (Å²) in [4.78, 5) is 103. The van der Waals surface area contributed by atoms with Gasteiger partial charge < -0.3 is 45.5 Å². The number of rotatable bonds is 10. The van der Waals surface area contributed by atoms with Crippen molar-refractivity contribution in [1.29, 1.82) is 0 Å². The molecule has 0 rings (SSSR count). The summed E-state index contributed by atoms with van der Waals surface area (Å²) < 4.78 is 20.5. The van der Waals surface area contributed by atoms with Crippen molar-refractivity contribution >= 4 is 45.7 Å². The third-order valence-electron chi connectivity index (χ3n) is 1.70. The molecule has 0 aliphatic rings. The van der Waals surface area contributed by atoms with Crippen LogP contribution >= 0.6 is 15.2 Å². The Kier molecular flexibility index (Phi) is 36.0. The summed E-state index contributed by atoms with van der Waals surface area (Å²) in [5.74, 6) is -3.84. The highest BCUT2D eigenvalue weighted by Gasteiger charge is 2.22. The zero-order valence-corrected chi connectivity index (χ0v) is 17.9. The molecule has 0 aromatic heterocycles. The third-order valence-corrected chi connectivity index (χ3v) is 3.10. The molecule has 0 aliphatic heterocycles. The average molecular weight is 536 g/mol. The lowest BCUT2D eigenvalue weighted by atomic mass is 10.5. The van der Waals surface area contributed by atoms with Gasteiger partial charge in [0.25, 0.3) is 6.47 Å². The van der Waals surface area contributed by atoms with Crippen LogP contribution in [-0.2, 0) is 37.9 Å². The molecule has 23 heteroatoms. The first-order valence-electron chi connectivity index (χ1n) is 6.87. The van der Waals surface area contributed by atoms with E-state index in [2.05, 4.69) is 5.32 Å². The van der Waals surface area contributed by atoms with Crippen molar-refractivity contribution in [2.75, 3.05) is 32.2 Å². The van der Waals surface area contributed by atoms with Gasteiger partial charge in [0.05, 0.1) is 25.9 Å². The predicted molar refractivity (Wildman–Crippen MR) is 100 cm³/mol. The standard InChI is InChI=1S/C5H10NO7P.C3H8NO5P.CH2O2.CO2.O2.H2O/c7-4(8)1-6(2-5(9)10)3-14(11,12)13;5-3(6)1-4-2-10(7,8)9;2*2-1-3;1-2;/h1-3H2,(H,7,8)(H,9,10)(H2,11,12,13);4H,1-2H2,(H,5,6)(H2,7,8,9);1H,(H,2,3);;;1H2. The topological polar surface area (TPSA) is 379 Å². The maximum atomic E-state index is 10.5. The highest BCUT2D eigenvalue weighted by molar-refractivity contribution is 7.51. The summed E-state index contributed by atoms with van der Waals surface area (Å²) in [5.41, 5.74) is 0. The molecule has 0 atom stereocenters. The van der Waals surface area contributed by atoms with E-state index in [0.29, 0.717) is 4.90 Å². The number of hydrogen-bond acceptors (Lipinski definition) is 12. The van der Waals surface area contributed by atoms with Gasteiger partial charge >= 0.3 is 39.3 Å². The van der Waals surface area contributed by atoms with Gasteiger partial charge in [-0.15, -0.1) is 0 Å². The Morgan fingerprint density at radius 3 is 1.33 bits per heavy atom. The quantitative estimate of drug-likeness (QED) is 0.0942. The Balaban J connectivity index is -0.0000000838. The number of hydrogen-bond donors (Lipinski definition) is 9. The molecular weight excluding hydrogens is 514 g/mol. The summed E-state index contributed by atoms with van der Waals surface area (Å²) in [7, 11) is -8.53. The second-order valence-electron chi connectivity index (χ2n) is 4.41. The monoisotopic (exact) mass is 536 g/mol. The molecule has 21 nitrogen and oxygen atoms in total. The van der Waals surface area contributed by atoms with Crippen molar-refractivity contribution in [3.63, 3.8) is 0 Å².